The highest BCUT2D eigenvalue weighted by atomic mass is 16.4. The maximum Gasteiger partial charge on any atom is 0.279 e. The third-order valence-corrected chi connectivity index (χ3v) is 4.64. The van der Waals surface area contributed by atoms with Gasteiger partial charge in [-0.3, -0.25) is 14.3 Å². The van der Waals surface area contributed by atoms with Crippen LogP contribution >= 0.6 is 0 Å². The van der Waals surface area contributed by atoms with Crippen molar-refractivity contribution in [3.63, 3.8) is 0 Å². The molecule has 8 nitrogen and oxygen atoms in total. The van der Waals surface area contributed by atoms with Gasteiger partial charge >= 0.3 is 0 Å². The summed E-state index contributed by atoms with van der Waals surface area (Å²) in [7, 11) is 0. The molecule has 158 valence electrons. The van der Waals surface area contributed by atoms with Gasteiger partial charge in [-0.2, -0.15) is 5.10 Å². The number of benzene rings is 1. The molecule has 0 aliphatic rings. The fourth-order valence-corrected chi connectivity index (χ4v) is 3.39. The summed E-state index contributed by atoms with van der Waals surface area (Å²) in [6.07, 6.45) is 1.71. The van der Waals surface area contributed by atoms with Crippen molar-refractivity contribution in [1.29, 1.82) is 0 Å². The van der Waals surface area contributed by atoms with Gasteiger partial charge in [0.05, 0.1) is 6.54 Å². The zero-order valence-electron chi connectivity index (χ0n) is 17.7. The SMILES string of the molecule is CC(=O)c1ccc(Cn2ccc(NC(=O)c3nc(C)oc3-c3cc(C)cc(C)c3)n2)o1. The highest BCUT2D eigenvalue weighted by Crippen LogP contribution is 2.27. The summed E-state index contributed by atoms with van der Waals surface area (Å²) in [4.78, 5) is 28.5. The second-order valence-corrected chi connectivity index (χ2v) is 7.46. The number of amides is 1. The van der Waals surface area contributed by atoms with Crippen LogP contribution in [-0.2, 0) is 6.54 Å². The van der Waals surface area contributed by atoms with Crippen molar-refractivity contribution in [1.82, 2.24) is 14.8 Å². The summed E-state index contributed by atoms with van der Waals surface area (Å²) < 4.78 is 12.8. The third-order valence-electron chi connectivity index (χ3n) is 4.64. The van der Waals surface area contributed by atoms with Gasteiger partial charge in [-0.1, -0.05) is 17.2 Å². The molecule has 3 heterocycles. The zero-order chi connectivity index (χ0) is 22.1. The van der Waals surface area contributed by atoms with Crippen molar-refractivity contribution in [2.24, 2.45) is 0 Å². The lowest BCUT2D eigenvalue weighted by Crippen LogP contribution is -2.14. The topological polar surface area (TPSA) is 103 Å². The number of hydrogen-bond acceptors (Lipinski definition) is 6. The van der Waals surface area contributed by atoms with Gasteiger partial charge in [-0.25, -0.2) is 4.98 Å². The fourth-order valence-electron chi connectivity index (χ4n) is 3.39. The quantitative estimate of drug-likeness (QED) is 0.461. The lowest BCUT2D eigenvalue weighted by atomic mass is 10.0. The van der Waals surface area contributed by atoms with Crippen LogP contribution in [0, 0.1) is 20.8 Å². The van der Waals surface area contributed by atoms with Gasteiger partial charge in [0.1, 0.15) is 5.76 Å². The normalized spacial score (nSPS) is 11.0. The number of Topliss-reactive ketones (excluding diaryl/α,β-unsaturated/α-hetero) is 1. The van der Waals surface area contributed by atoms with Crippen LogP contribution in [-0.4, -0.2) is 26.5 Å². The summed E-state index contributed by atoms with van der Waals surface area (Å²) in [6, 6.07) is 11.0. The van der Waals surface area contributed by atoms with Crippen molar-refractivity contribution >= 4 is 17.5 Å². The third kappa shape index (κ3) is 4.48. The number of rotatable bonds is 6. The largest absolute Gasteiger partial charge is 0.456 e. The number of nitrogens with one attached hydrogen (secondary N) is 1. The van der Waals surface area contributed by atoms with Crippen LogP contribution in [0.1, 0.15) is 50.7 Å². The maximum atomic E-state index is 12.9. The Morgan fingerprint density at radius 3 is 2.45 bits per heavy atom. The minimum Gasteiger partial charge on any atom is -0.456 e. The molecule has 0 fully saturated rings. The molecule has 1 aromatic carbocycles. The van der Waals surface area contributed by atoms with E-state index in [2.05, 4.69) is 21.5 Å². The van der Waals surface area contributed by atoms with Gasteiger partial charge in [0.25, 0.3) is 5.91 Å². The minimum absolute atomic E-state index is 0.137. The Hall–Kier alpha value is -3.94. The molecule has 0 radical (unpaired) electrons. The molecule has 0 aliphatic heterocycles. The van der Waals surface area contributed by atoms with Crippen LogP contribution in [0.3, 0.4) is 0 Å². The molecule has 0 saturated heterocycles. The van der Waals surface area contributed by atoms with Crippen LogP contribution in [0.4, 0.5) is 5.82 Å². The van der Waals surface area contributed by atoms with Crippen LogP contribution in [0.2, 0.25) is 0 Å². The smallest absolute Gasteiger partial charge is 0.279 e. The van der Waals surface area contributed by atoms with Crippen LogP contribution in [0.15, 0.2) is 51.4 Å². The van der Waals surface area contributed by atoms with E-state index in [9.17, 15) is 9.59 Å². The van der Waals surface area contributed by atoms with E-state index in [0.29, 0.717) is 35.5 Å². The number of nitrogens with zero attached hydrogens (tertiary/aromatic N) is 3. The van der Waals surface area contributed by atoms with Crippen molar-refractivity contribution in [2.45, 2.75) is 34.2 Å². The van der Waals surface area contributed by atoms with Gasteiger partial charge in [0.15, 0.2) is 34.7 Å². The van der Waals surface area contributed by atoms with E-state index in [1.165, 1.54) is 6.92 Å². The second kappa shape index (κ2) is 8.06. The molecule has 0 spiro atoms. The molecule has 0 unspecified atom stereocenters. The molecule has 8 heteroatoms. The molecule has 1 N–H and O–H groups in total. The Morgan fingerprint density at radius 2 is 1.77 bits per heavy atom. The molecular weight excluding hydrogens is 396 g/mol. The number of carbonyl (C=O) groups is 2. The van der Waals surface area contributed by atoms with Crippen molar-refractivity contribution in [3.8, 4) is 11.3 Å². The van der Waals surface area contributed by atoms with Crippen LogP contribution < -0.4 is 5.32 Å². The van der Waals surface area contributed by atoms with E-state index in [4.69, 9.17) is 8.83 Å². The first-order chi connectivity index (χ1) is 14.8. The zero-order valence-corrected chi connectivity index (χ0v) is 17.7. The molecule has 1 amide bonds. The Bertz CT molecular complexity index is 1260. The number of carbonyl (C=O) groups excluding carboxylic acids is 2. The number of furan rings is 1. The van der Waals surface area contributed by atoms with Crippen LogP contribution in [0.25, 0.3) is 11.3 Å². The molecule has 0 bridgehead atoms. The number of aromatic nitrogens is 3. The molecule has 31 heavy (non-hydrogen) atoms. The van der Waals surface area contributed by atoms with E-state index in [-0.39, 0.29) is 11.5 Å². The Kier molecular flexibility index (Phi) is 5.29. The minimum atomic E-state index is -0.409. The highest BCUT2D eigenvalue weighted by molar-refractivity contribution is 6.06. The predicted octanol–water partition coefficient (Wildman–Crippen LogP) is 4.56. The van der Waals surface area contributed by atoms with E-state index < -0.39 is 5.91 Å². The highest BCUT2D eigenvalue weighted by Gasteiger charge is 2.21. The van der Waals surface area contributed by atoms with E-state index >= 15 is 0 Å². The number of ketones is 1. The van der Waals surface area contributed by atoms with Gasteiger partial charge in [0.2, 0.25) is 0 Å². The summed E-state index contributed by atoms with van der Waals surface area (Å²) in [6.45, 7) is 7.47. The average Bonchev–Trinajstić information content (AvgIpc) is 3.41. The molecule has 0 atom stereocenters. The standard InChI is InChI=1S/C23H22N4O4/c1-13-9-14(2)11-17(10-13)22-21(24-16(4)30-22)23(29)25-20-7-8-27(26-20)12-18-5-6-19(31-18)15(3)28/h5-11H,12H2,1-4H3,(H,25,26,29). The van der Waals surface area contributed by atoms with E-state index in [1.807, 2.05) is 26.0 Å². The van der Waals surface area contributed by atoms with Gasteiger partial charge in [-0.05, 0) is 38.1 Å². The molecule has 0 saturated carbocycles. The molecular formula is C23H22N4O4. The molecule has 4 aromatic rings. The Morgan fingerprint density at radius 1 is 1.03 bits per heavy atom. The first-order valence-electron chi connectivity index (χ1n) is 9.79. The number of aryl methyl sites for hydroxylation is 3. The average molecular weight is 418 g/mol. The summed E-state index contributed by atoms with van der Waals surface area (Å²) in [5.41, 5.74) is 3.14. The lowest BCUT2D eigenvalue weighted by molar-refractivity contribution is 0.0983. The Balaban J connectivity index is 1.52. The first-order valence-corrected chi connectivity index (χ1v) is 9.79. The van der Waals surface area contributed by atoms with E-state index in [0.717, 1.165) is 16.7 Å². The molecule has 0 aliphatic carbocycles. The summed E-state index contributed by atoms with van der Waals surface area (Å²) in [5.74, 6) is 1.55. The first kappa shape index (κ1) is 20.3. The summed E-state index contributed by atoms with van der Waals surface area (Å²) in [5, 5.41) is 7.11. The monoisotopic (exact) mass is 418 g/mol. The van der Waals surface area contributed by atoms with Crippen LogP contribution in [0.5, 0.6) is 0 Å². The van der Waals surface area contributed by atoms with Gasteiger partial charge < -0.3 is 14.2 Å². The van der Waals surface area contributed by atoms with Crippen molar-refractivity contribution < 1.29 is 18.4 Å². The van der Waals surface area contributed by atoms with Crippen molar-refractivity contribution in [3.05, 3.63) is 76.8 Å². The lowest BCUT2D eigenvalue weighted by Gasteiger charge is -2.05. The maximum absolute atomic E-state index is 12.9. The Labute approximate surface area is 178 Å². The number of hydrogen-bond donors (Lipinski definition) is 1. The fraction of sp³-hybridized carbons (Fsp3) is 0.217. The second-order valence-electron chi connectivity index (χ2n) is 7.46. The van der Waals surface area contributed by atoms with Gasteiger partial charge in [0, 0.05) is 31.7 Å². The molecule has 3 aromatic heterocycles. The summed E-state index contributed by atoms with van der Waals surface area (Å²) >= 11 is 0. The number of anilines is 1. The number of oxazole rings is 1. The van der Waals surface area contributed by atoms with E-state index in [1.54, 1.807) is 36.0 Å². The van der Waals surface area contributed by atoms with Crippen molar-refractivity contribution in [2.75, 3.05) is 5.32 Å². The molecule has 4 rings (SSSR count). The predicted molar refractivity (Wildman–Crippen MR) is 114 cm³/mol. The van der Waals surface area contributed by atoms with Gasteiger partial charge in [-0.15, -0.1) is 0 Å².